The molecule has 0 unspecified atom stereocenters. The van der Waals surface area contributed by atoms with Crippen LogP contribution in [-0.4, -0.2) is 65.6 Å². The summed E-state index contributed by atoms with van der Waals surface area (Å²) in [5, 5.41) is 0. The minimum atomic E-state index is -6.00. The molecule has 0 aromatic heterocycles. The Morgan fingerprint density at radius 3 is 0.737 bits per heavy atom. The van der Waals surface area contributed by atoms with E-state index in [4.69, 9.17) is 0 Å². The summed E-state index contributed by atoms with van der Waals surface area (Å²) >= 11 is 0. The Hall–Kier alpha value is 0.00935. The first-order valence-electron chi connectivity index (χ1n) is 4.67. The summed E-state index contributed by atoms with van der Waals surface area (Å²) in [6.45, 7) is 2.29. The molecule has 0 aliphatic rings. The predicted molar refractivity (Wildman–Crippen MR) is 57.5 cm³/mol. The zero-order valence-electron chi connectivity index (χ0n) is 10.8. The van der Waals surface area contributed by atoms with Gasteiger partial charge in [-0.15, -0.1) is 0 Å². The SMILES string of the molecule is CN(C)CCN(C)C.F[B-](F)(F)F.F[B-](F)(F)F.[Cu+2]. The molecule has 0 aromatic rings. The van der Waals surface area contributed by atoms with Crippen molar-refractivity contribution in [3.05, 3.63) is 0 Å². The topological polar surface area (TPSA) is 6.48 Å². The molecule has 0 fully saturated rings. The zero-order chi connectivity index (χ0) is 15.6. The second-order valence-corrected chi connectivity index (χ2v) is 3.60. The first-order chi connectivity index (χ1) is 7.63. The van der Waals surface area contributed by atoms with Gasteiger partial charge in [0.05, 0.1) is 0 Å². The molecular weight excluding hydrogens is 337 g/mol. The molecule has 0 amide bonds. The molecular formula is C6H16B2CuF8N2. The zero-order valence-corrected chi connectivity index (χ0v) is 11.7. The molecule has 0 atom stereocenters. The molecule has 0 N–H and O–H groups in total. The van der Waals surface area contributed by atoms with Crippen molar-refractivity contribution < 1.29 is 51.6 Å². The molecule has 0 bridgehead atoms. The third-order valence-electron chi connectivity index (χ3n) is 0.994. The van der Waals surface area contributed by atoms with Crippen molar-refractivity contribution in [2.45, 2.75) is 0 Å². The van der Waals surface area contributed by atoms with Crippen LogP contribution in [0.4, 0.5) is 34.5 Å². The van der Waals surface area contributed by atoms with Crippen molar-refractivity contribution in [1.82, 2.24) is 9.80 Å². The number of hydrogen-bond donors (Lipinski definition) is 0. The quantitative estimate of drug-likeness (QED) is 0.569. The van der Waals surface area contributed by atoms with Crippen LogP contribution in [0, 0.1) is 0 Å². The summed E-state index contributed by atoms with van der Waals surface area (Å²) in [5.41, 5.74) is 0. The Kier molecular flexibility index (Phi) is 18.7. The molecule has 0 saturated carbocycles. The van der Waals surface area contributed by atoms with E-state index >= 15 is 0 Å². The van der Waals surface area contributed by atoms with Crippen LogP contribution in [0.1, 0.15) is 0 Å². The van der Waals surface area contributed by atoms with Crippen LogP contribution >= 0.6 is 0 Å². The number of likely N-dealkylation sites (N-methyl/N-ethyl adjacent to an activating group) is 2. The van der Waals surface area contributed by atoms with Gasteiger partial charge in [-0.1, -0.05) is 0 Å². The Labute approximate surface area is 118 Å². The van der Waals surface area contributed by atoms with E-state index in [9.17, 15) is 34.5 Å². The standard InChI is InChI=1S/C6H16N2.2BF4.Cu/c1-7(2)5-6-8(3)4;2*2-1(3,4)5;/h5-6H2,1-4H3;;;/q;2*-1;+2. The van der Waals surface area contributed by atoms with Crippen LogP contribution < -0.4 is 0 Å². The van der Waals surface area contributed by atoms with Crippen LogP contribution in [0.15, 0.2) is 0 Å². The third-order valence-corrected chi connectivity index (χ3v) is 0.994. The molecule has 2 nitrogen and oxygen atoms in total. The maximum atomic E-state index is 9.75. The fourth-order valence-electron chi connectivity index (χ4n) is 0.400. The molecule has 0 aliphatic heterocycles. The van der Waals surface area contributed by atoms with Crippen LogP contribution in [-0.2, 0) is 17.1 Å². The van der Waals surface area contributed by atoms with E-state index in [0.717, 1.165) is 13.1 Å². The molecule has 19 heavy (non-hydrogen) atoms. The summed E-state index contributed by atoms with van der Waals surface area (Å²) < 4.78 is 78.0. The monoisotopic (exact) mass is 353 g/mol. The van der Waals surface area contributed by atoms with E-state index in [1.807, 2.05) is 0 Å². The first-order valence-corrected chi connectivity index (χ1v) is 4.67. The molecule has 0 saturated heterocycles. The summed E-state index contributed by atoms with van der Waals surface area (Å²) in [6.07, 6.45) is 0. The van der Waals surface area contributed by atoms with Gasteiger partial charge in [0.25, 0.3) is 0 Å². The summed E-state index contributed by atoms with van der Waals surface area (Å²) in [6, 6.07) is 0. The van der Waals surface area contributed by atoms with Gasteiger partial charge in [-0.25, -0.2) is 0 Å². The predicted octanol–water partition coefficient (Wildman–Crippen LogP) is 2.71. The van der Waals surface area contributed by atoms with Gasteiger partial charge < -0.3 is 44.3 Å². The second-order valence-electron chi connectivity index (χ2n) is 3.60. The van der Waals surface area contributed by atoms with Gasteiger partial charge in [0.15, 0.2) is 0 Å². The largest absolute Gasteiger partial charge is 2.00 e. The first kappa shape index (κ1) is 27.4. The van der Waals surface area contributed by atoms with Gasteiger partial charge in [0.1, 0.15) is 0 Å². The van der Waals surface area contributed by atoms with E-state index in [1.165, 1.54) is 0 Å². The van der Waals surface area contributed by atoms with Gasteiger partial charge in [-0.3, -0.25) is 0 Å². The van der Waals surface area contributed by atoms with E-state index in [1.54, 1.807) is 0 Å². The Bertz CT molecular complexity index is 155. The van der Waals surface area contributed by atoms with Gasteiger partial charge in [0.2, 0.25) is 0 Å². The van der Waals surface area contributed by atoms with E-state index in [0.29, 0.717) is 0 Å². The minimum Gasteiger partial charge on any atom is -0.418 e. The summed E-state index contributed by atoms with van der Waals surface area (Å²) in [7, 11) is -3.65. The number of nitrogens with zero attached hydrogens (tertiary/aromatic N) is 2. The van der Waals surface area contributed by atoms with Crippen molar-refractivity contribution in [3.8, 4) is 0 Å². The number of hydrogen-bond acceptors (Lipinski definition) is 2. The molecule has 0 heterocycles. The number of halogens is 8. The van der Waals surface area contributed by atoms with Gasteiger partial charge in [0, 0.05) is 13.1 Å². The Balaban J connectivity index is -0.0000000906. The van der Waals surface area contributed by atoms with Crippen LogP contribution in [0.2, 0.25) is 0 Å². The molecule has 1 radical (unpaired) electrons. The molecule has 0 aromatic carbocycles. The van der Waals surface area contributed by atoms with Crippen LogP contribution in [0.25, 0.3) is 0 Å². The van der Waals surface area contributed by atoms with Crippen molar-refractivity contribution in [1.29, 1.82) is 0 Å². The van der Waals surface area contributed by atoms with E-state index in [2.05, 4.69) is 38.0 Å². The third kappa shape index (κ3) is 184. The van der Waals surface area contributed by atoms with Crippen molar-refractivity contribution in [2.24, 2.45) is 0 Å². The van der Waals surface area contributed by atoms with Crippen LogP contribution in [0.3, 0.4) is 0 Å². The van der Waals surface area contributed by atoms with Crippen molar-refractivity contribution >= 4 is 14.5 Å². The Morgan fingerprint density at radius 1 is 0.579 bits per heavy atom. The fraction of sp³-hybridized carbons (Fsp3) is 1.00. The molecule has 0 spiro atoms. The molecule has 13 heteroatoms. The number of rotatable bonds is 3. The van der Waals surface area contributed by atoms with Crippen molar-refractivity contribution in [3.63, 3.8) is 0 Å². The average molecular weight is 353 g/mol. The summed E-state index contributed by atoms with van der Waals surface area (Å²) in [4.78, 5) is 4.36. The normalized spacial score (nSPS) is 11.1. The fourth-order valence-corrected chi connectivity index (χ4v) is 0.400. The smallest absolute Gasteiger partial charge is 0.418 e. The maximum Gasteiger partial charge on any atom is 2.00 e. The molecule has 123 valence electrons. The minimum absolute atomic E-state index is 0. The molecule has 0 aliphatic carbocycles. The molecule has 0 rings (SSSR count). The van der Waals surface area contributed by atoms with Gasteiger partial charge in [-0.05, 0) is 28.2 Å². The summed E-state index contributed by atoms with van der Waals surface area (Å²) in [5.74, 6) is 0. The maximum absolute atomic E-state index is 9.75. The van der Waals surface area contributed by atoms with Crippen LogP contribution in [0.5, 0.6) is 0 Å². The average Bonchev–Trinajstić information content (AvgIpc) is 1.93. The van der Waals surface area contributed by atoms with Gasteiger partial charge >= 0.3 is 31.6 Å². The van der Waals surface area contributed by atoms with Gasteiger partial charge in [-0.2, -0.15) is 0 Å². The van der Waals surface area contributed by atoms with E-state index in [-0.39, 0.29) is 17.1 Å². The van der Waals surface area contributed by atoms with E-state index < -0.39 is 14.5 Å². The second kappa shape index (κ2) is 13.0. The van der Waals surface area contributed by atoms with Crippen molar-refractivity contribution in [2.75, 3.05) is 41.3 Å². The Morgan fingerprint density at radius 2 is 0.684 bits per heavy atom.